The van der Waals surface area contributed by atoms with E-state index in [0.29, 0.717) is 28.3 Å². The minimum Gasteiger partial charge on any atom is -0.382 e. The van der Waals surface area contributed by atoms with Crippen LogP contribution < -0.4 is 11.1 Å². The molecule has 214 valence electrons. The fourth-order valence-electron chi connectivity index (χ4n) is 4.52. The second kappa shape index (κ2) is 10.7. The van der Waals surface area contributed by atoms with Crippen molar-refractivity contribution in [1.29, 1.82) is 0 Å². The van der Waals surface area contributed by atoms with Gasteiger partial charge in [0.2, 0.25) is 0 Å². The molecule has 3 aromatic heterocycles. The Balaban J connectivity index is 1.46. The highest BCUT2D eigenvalue weighted by Crippen LogP contribution is 2.34. The van der Waals surface area contributed by atoms with Gasteiger partial charge in [0.25, 0.3) is 11.8 Å². The number of pyridine rings is 1. The van der Waals surface area contributed by atoms with Crippen LogP contribution in [0.5, 0.6) is 0 Å². The molecule has 1 aliphatic heterocycles. The van der Waals surface area contributed by atoms with Crippen LogP contribution in [-0.2, 0) is 15.7 Å². The summed E-state index contributed by atoms with van der Waals surface area (Å²) in [4.78, 5) is 38.3. The monoisotopic (exact) mass is 575 g/mol. The van der Waals surface area contributed by atoms with Gasteiger partial charge in [-0.2, -0.15) is 22.0 Å². The second-order valence-corrected chi connectivity index (χ2v) is 9.19. The number of nitrogens with two attached hydrogens (primary N) is 1. The van der Waals surface area contributed by atoms with Gasteiger partial charge in [0.05, 0.1) is 18.7 Å². The lowest BCUT2D eigenvalue weighted by atomic mass is 10.1. The van der Waals surface area contributed by atoms with Crippen molar-refractivity contribution in [1.82, 2.24) is 24.3 Å². The van der Waals surface area contributed by atoms with E-state index in [1.54, 1.807) is 23.5 Å². The normalized spacial score (nSPS) is 15.9. The number of anilines is 2. The molecular formula is C26H22F5N7O3. The fraction of sp³-hybridized carbons (Fsp3) is 0.269. The van der Waals surface area contributed by atoms with E-state index in [1.165, 1.54) is 18.3 Å². The number of ether oxygens (including phenoxy) is 1. The number of halogens is 5. The van der Waals surface area contributed by atoms with Crippen molar-refractivity contribution in [2.45, 2.75) is 25.6 Å². The Morgan fingerprint density at radius 1 is 1.15 bits per heavy atom. The van der Waals surface area contributed by atoms with Crippen LogP contribution in [0.3, 0.4) is 0 Å². The number of morpholine rings is 1. The number of hydrogen-bond donors (Lipinski definition) is 2. The summed E-state index contributed by atoms with van der Waals surface area (Å²) >= 11 is 0. The number of imidazole rings is 1. The van der Waals surface area contributed by atoms with Gasteiger partial charge in [-0.1, -0.05) is 12.1 Å². The SMILES string of the molecule is Cc1cnc(N)c2c(-c3ccc(C(=O)Nc4cc(C(F)(F)F)ccn4)cc3)nc([C@H]3CN(C(=O)C(F)F)CCO3)n12. The first kappa shape index (κ1) is 27.9. The van der Waals surface area contributed by atoms with Crippen molar-refractivity contribution < 1.29 is 36.3 Å². The van der Waals surface area contributed by atoms with Gasteiger partial charge in [0.1, 0.15) is 34.8 Å². The molecule has 41 heavy (non-hydrogen) atoms. The summed E-state index contributed by atoms with van der Waals surface area (Å²) < 4.78 is 72.6. The maximum atomic E-state index is 13.1. The highest BCUT2D eigenvalue weighted by atomic mass is 19.4. The minimum atomic E-state index is -4.59. The molecule has 0 radical (unpaired) electrons. The van der Waals surface area contributed by atoms with E-state index in [9.17, 15) is 31.5 Å². The predicted molar refractivity (Wildman–Crippen MR) is 136 cm³/mol. The number of benzene rings is 1. The molecule has 2 amide bonds. The molecule has 15 heteroatoms. The molecule has 1 atom stereocenters. The number of carbonyl (C=O) groups is 2. The number of hydrogen-bond acceptors (Lipinski definition) is 7. The number of fused-ring (bicyclic) bond motifs is 1. The second-order valence-electron chi connectivity index (χ2n) is 9.19. The first-order valence-corrected chi connectivity index (χ1v) is 12.2. The van der Waals surface area contributed by atoms with E-state index in [2.05, 4.69) is 15.3 Å². The van der Waals surface area contributed by atoms with E-state index >= 15 is 0 Å². The largest absolute Gasteiger partial charge is 0.416 e. The molecule has 0 aliphatic carbocycles. The summed E-state index contributed by atoms with van der Waals surface area (Å²) in [5, 5.41) is 2.34. The zero-order valence-electron chi connectivity index (χ0n) is 21.3. The number of nitrogens with one attached hydrogen (secondary N) is 1. The molecule has 0 spiro atoms. The summed E-state index contributed by atoms with van der Waals surface area (Å²) in [6.45, 7) is 1.64. The lowest BCUT2D eigenvalue weighted by molar-refractivity contribution is -0.150. The van der Waals surface area contributed by atoms with Crippen LogP contribution in [0.15, 0.2) is 48.8 Å². The minimum absolute atomic E-state index is 0.0120. The highest BCUT2D eigenvalue weighted by molar-refractivity contribution is 6.04. The topological polar surface area (TPSA) is 128 Å². The summed E-state index contributed by atoms with van der Waals surface area (Å²) in [5.74, 6) is -1.80. The maximum absolute atomic E-state index is 13.1. The molecule has 0 bridgehead atoms. The number of rotatable bonds is 5. The van der Waals surface area contributed by atoms with E-state index < -0.39 is 36.1 Å². The first-order chi connectivity index (χ1) is 19.4. The third-order valence-corrected chi connectivity index (χ3v) is 6.49. The number of aromatic nitrogens is 4. The third-order valence-electron chi connectivity index (χ3n) is 6.49. The zero-order valence-corrected chi connectivity index (χ0v) is 21.3. The van der Waals surface area contributed by atoms with Gasteiger partial charge in [-0.3, -0.25) is 14.0 Å². The van der Waals surface area contributed by atoms with Gasteiger partial charge in [-0.25, -0.2) is 15.0 Å². The summed E-state index contributed by atoms with van der Waals surface area (Å²) in [7, 11) is 0. The van der Waals surface area contributed by atoms with Crippen molar-refractivity contribution in [3.8, 4) is 11.3 Å². The Kier molecular flexibility index (Phi) is 7.29. The molecule has 4 aromatic rings. The van der Waals surface area contributed by atoms with Crippen LogP contribution in [0.1, 0.15) is 33.5 Å². The maximum Gasteiger partial charge on any atom is 0.416 e. The number of amides is 2. The Bertz CT molecular complexity index is 1620. The molecule has 0 saturated carbocycles. The van der Waals surface area contributed by atoms with Gasteiger partial charge in [0.15, 0.2) is 0 Å². The average molecular weight is 575 g/mol. The van der Waals surface area contributed by atoms with E-state index in [1.807, 2.05) is 0 Å². The molecule has 0 unspecified atom stereocenters. The molecule has 1 fully saturated rings. The van der Waals surface area contributed by atoms with Crippen LogP contribution in [0, 0.1) is 6.92 Å². The zero-order chi connectivity index (χ0) is 29.5. The molecule has 5 rings (SSSR count). The molecule has 4 heterocycles. The standard InChI is InChI=1S/C26H22F5N7O3/c1-13-11-34-22(32)20-19(36-23(38(13)20)17-12-37(8-9-41-17)25(40)21(27)28)14-2-4-15(5-3-14)24(39)35-18-10-16(6-7-33-18)26(29,30)31/h2-7,10-11,17,21H,8-9,12H2,1H3,(H2,32,34)(H,33,35,39)/t17-/m1/s1. The van der Waals surface area contributed by atoms with Crippen LogP contribution >= 0.6 is 0 Å². The Morgan fingerprint density at radius 2 is 1.88 bits per heavy atom. The summed E-state index contributed by atoms with van der Waals surface area (Å²) in [6, 6.07) is 7.55. The van der Waals surface area contributed by atoms with Crippen LogP contribution in [0.25, 0.3) is 16.8 Å². The number of aryl methyl sites for hydroxylation is 1. The molecule has 1 saturated heterocycles. The molecule has 1 aliphatic rings. The smallest absolute Gasteiger partial charge is 0.382 e. The van der Waals surface area contributed by atoms with E-state index in [0.717, 1.165) is 23.2 Å². The van der Waals surface area contributed by atoms with Gasteiger partial charge in [-0.05, 0) is 31.2 Å². The van der Waals surface area contributed by atoms with Gasteiger partial charge < -0.3 is 20.7 Å². The first-order valence-electron chi connectivity index (χ1n) is 12.2. The van der Waals surface area contributed by atoms with Crippen LogP contribution in [-0.4, -0.2) is 62.2 Å². The summed E-state index contributed by atoms with van der Waals surface area (Å²) in [5.41, 5.74) is 7.28. The Morgan fingerprint density at radius 3 is 2.56 bits per heavy atom. The average Bonchev–Trinajstić information content (AvgIpc) is 3.36. The molecular weight excluding hydrogens is 553 g/mol. The fourth-order valence-corrected chi connectivity index (χ4v) is 4.52. The lowest BCUT2D eigenvalue weighted by Crippen LogP contribution is -2.45. The van der Waals surface area contributed by atoms with Gasteiger partial charge in [-0.15, -0.1) is 0 Å². The molecule has 10 nitrogen and oxygen atoms in total. The van der Waals surface area contributed by atoms with Crippen LogP contribution in [0.2, 0.25) is 0 Å². The summed E-state index contributed by atoms with van der Waals surface area (Å²) in [6.07, 6.45) is -6.12. The van der Waals surface area contributed by atoms with Gasteiger partial charge >= 0.3 is 12.6 Å². The van der Waals surface area contributed by atoms with E-state index in [-0.39, 0.29) is 36.9 Å². The molecule has 3 N–H and O–H groups in total. The quantitative estimate of drug-likeness (QED) is 0.343. The third kappa shape index (κ3) is 5.52. The van der Waals surface area contributed by atoms with Gasteiger partial charge in [0, 0.05) is 35.8 Å². The number of nitrogen functional groups attached to an aromatic ring is 1. The highest BCUT2D eigenvalue weighted by Gasteiger charge is 2.34. The predicted octanol–water partition coefficient (Wildman–Crippen LogP) is 4.12. The Hall–Kier alpha value is -4.66. The Labute approximate surface area is 229 Å². The van der Waals surface area contributed by atoms with Crippen LogP contribution in [0.4, 0.5) is 33.6 Å². The van der Waals surface area contributed by atoms with Crippen molar-refractivity contribution in [2.75, 3.05) is 30.7 Å². The van der Waals surface area contributed by atoms with Crippen molar-refractivity contribution in [3.05, 3.63) is 71.4 Å². The number of nitrogens with zero attached hydrogens (tertiary/aromatic N) is 5. The number of alkyl halides is 5. The van der Waals surface area contributed by atoms with Crippen molar-refractivity contribution in [3.63, 3.8) is 0 Å². The van der Waals surface area contributed by atoms with E-state index in [4.69, 9.17) is 15.5 Å². The lowest BCUT2D eigenvalue weighted by Gasteiger charge is -2.32. The molecule has 1 aromatic carbocycles. The van der Waals surface area contributed by atoms with Crippen molar-refractivity contribution >= 4 is 29.0 Å². The number of carbonyl (C=O) groups excluding carboxylic acids is 2. The van der Waals surface area contributed by atoms with Crippen molar-refractivity contribution in [2.24, 2.45) is 0 Å².